The third-order valence-corrected chi connectivity index (χ3v) is 4.41. The molecular formula is C22H26N2O3. The lowest BCUT2D eigenvalue weighted by atomic mass is 10.0. The molecule has 0 aliphatic carbocycles. The van der Waals surface area contributed by atoms with Crippen molar-refractivity contribution in [2.24, 2.45) is 4.99 Å². The summed E-state index contributed by atoms with van der Waals surface area (Å²) < 4.78 is 9.90. The quantitative estimate of drug-likeness (QED) is 0.464. The number of hydrogen-bond donors (Lipinski definition) is 0. The van der Waals surface area contributed by atoms with Gasteiger partial charge < -0.3 is 9.47 Å². The molecule has 0 spiro atoms. The zero-order valence-corrected chi connectivity index (χ0v) is 16.6. The molecule has 0 radical (unpaired) electrons. The molecule has 27 heavy (non-hydrogen) atoms. The van der Waals surface area contributed by atoms with Crippen molar-refractivity contribution in [2.75, 3.05) is 14.2 Å². The Hall–Kier alpha value is -2.95. The molecule has 1 heterocycles. The van der Waals surface area contributed by atoms with E-state index in [2.05, 4.69) is 42.0 Å². The molecule has 0 aliphatic rings. The molecule has 0 unspecified atom stereocenters. The van der Waals surface area contributed by atoms with Gasteiger partial charge in [0.15, 0.2) is 5.90 Å². The number of hydrogen-bond acceptors (Lipinski definition) is 5. The predicted molar refractivity (Wildman–Crippen MR) is 108 cm³/mol. The normalized spacial score (nSPS) is 13.4. The molecule has 0 amide bonds. The number of carbonyl (C=O) groups is 1. The third-order valence-electron chi connectivity index (χ3n) is 4.41. The highest BCUT2D eigenvalue weighted by Crippen LogP contribution is 2.09. The van der Waals surface area contributed by atoms with Crippen LogP contribution in [0.5, 0.6) is 0 Å². The summed E-state index contributed by atoms with van der Waals surface area (Å²) >= 11 is 0. The number of carbonyl (C=O) groups excluding carboxylic acids is 1. The van der Waals surface area contributed by atoms with Crippen LogP contribution in [0, 0.1) is 0 Å². The average molecular weight is 366 g/mol. The summed E-state index contributed by atoms with van der Waals surface area (Å²) in [5.41, 5.74) is 3.81. The van der Waals surface area contributed by atoms with Gasteiger partial charge in [0.25, 0.3) is 0 Å². The highest BCUT2D eigenvalue weighted by atomic mass is 16.5. The fraction of sp³-hybridized carbons (Fsp3) is 0.318. The lowest BCUT2D eigenvalue weighted by Crippen LogP contribution is -2.27. The Morgan fingerprint density at radius 2 is 1.89 bits per heavy atom. The summed E-state index contributed by atoms with van der Waals surface area (Å²) in [6.45, 7) is 6.09. The minimum Gasteiger partial charge on any atom is -0.484 e. The topological polar surface area (TPSA) is 60.8 Å². The summed E-state index contributed by atoms with van der Waals surface area (Å²) in [4.78, 5) is 20.2. The second-order valence-corrected chi connectivity index (χ2v) is 6.29. The molecule has 0 saturated heterocycles. The first kappa shape index (κ1) is 20.4. The molecular weight excluding hydrogens is 340 g/mol. The van der Waals surface area contributed by atoms with Gasteiger partial charge in [0, 0.05) is 30.7 Å². The Balaban J connectivity index is 2.47. The van der Waals surface area contributed by atoms with Gasteiger partial charge in [0.1, 0.15) is 0 Å². The Kier molecular flexibility index (Phi) is 7.29. The van der Waals surface area contributed by atoms with Gasteiger partial charge in [0.05, 0.1) is 19.8 Å². The Morgan fingerprint density at radius 3 is 2.56 bits per heavy atom. The molecule has 0 saturated carbocycles. The van der Waals surface area contributed by atoms with Gasteiger partial charge in [-0.2, -0.15) is 0 Å². The molecule has 5 nitrogen and oxygen atoms in total. The van der Waals surface area contributed by atoms with E-state index in [1.54, 1.807) is 13.3 Å². The summed E-state index contributed by atoms with van der Waals surface area (Å²) in [6, 6.07) is 8.15. The minimum atomic E-state index is -0.383. The fourth-order valence-electron chi connectivity index (χ4n) is 2.67. The highest BCUT2D eigenvalue weighted by molar-refractivity contribution is 5.89. The molecule has 0 aliphatic heterocycles. The summed E-state index contributed by atoms with van der Waals surface area (Å²) in [6.07, 6.45) is 6.75. The van der Waals surface area contributed by atoms with E-state index in [1.807, 2.05) is 19.2 Å². The van der Waals surface area contributed by atoms with E-state index < -0.39 is 0 Å². The Labute approximate surface area is 160 Å². The summed E-state index contributed by atoms with van der Waals surface area (Å²) in [7, 11) is 2.97. The number of nitrogens with zero attached hydrogens (tertiary/aromatic N) is 2. The predicted octanol–water partition coefficient (Wildman–Crippen LogP) is 2.84. The number of methoxy groups -OCH3 is 2. The van der Waals surface area contributed by atoms with E-state index >= 15 is 0 Å². The number of ether oxygens (including phenoxy) is 2. The van der Waals surface area contributed by atoms with Gasteiger partial charge in [-0.3, -0.25) is 4.98 Å². The maximum absolute atomic E-state index is 11.7. The van der Waals surface area contributed by atoms with Crippen molar-refractivity contribution in [2.45, 2.75) is 33.6 Å². The van der Waals surface area contributed by atoms with Crippen LogP contribution in [0.25, 0.3) is 11.8 Å². The molecule has 2 rings (SSSR count). The molecule has 5 heteroatoms. The van der Waals surface area contributed by atoms with E-state index in [9.17, 15) is 4.79 Å². The molecule has 0 bridgehead atoms. The largest absolute Gasteiger partial charge is 0.484 e. The van der Waals surface area contributed by atoms with E-state index in [0.717, 1.165) is 22.8 Å². The van der Waals surface area contributed by atoms with Crippen LogP contribution in [0.1, 0.15) is 48.7 Å². The maximum Gasteiger partial charge on any atom is 0.339 e. The van der Waals surface area contributed by atoms with Crippen molar-refractivity contribution >= 4 is 23.6 Å². The van der Waals surface area contributed by atoms with Crippen molar-refractivity contribution in [3.63, 3.8) is 0 Å². The fourth-order valence-corrected chi connectivity index (χ4v) is 2.67. The molecule has 0 fully saturated rings. The van der Waals surface area contributed by atoms with Gasteiger partial charge in [-0.25, -0.2) is 9.79 Å². The third kappa shape index (κ3) is 5.51. The SMILES string of the molecule is CC/C(C)=c1\ccc(Cc2cncc(C(=O)OC)c2)c\c1=C\N=C(C)OC. The first-order chi connectivity index (χ1) is 13.0. The van der Waals surface area contributed by atoms with Crippen molar-refractivity contribution in [1.82, 2.24) is 4.98 Å². The number of pyridine rings is 1. The number of rotatable bonds is 5. The number of aliphatic imine (C=N–C) groups is 1. The van der Waals surface area contributed by atoms with E-state index in [-0.39, 0.29) is 5.97 Å². The second-order valence-electron chi connectivity index (χ2n) is 6.29. The van der Waals surface area contributed by atoms with E-state index in [0.29, 0.717) is 17.9 Å². The van der Waals surface area contributed by atoms with Crippen LogP contribution >= 0.6 is 0 Å². The van der Waals surface area contributed by atoms with Gasteiger partial charge in [0.2, 0.25) is 0 Å². The smallest absolute Gasteiger partial charge is 0.339 e. The molecule has 1 aromatic carbocycles. The molecule has 2 aromatic rings. The lowest BCUT2D eigenvalue weighted by molar-refractivity contribution is 0.0600. The van der Waals surface area contributed by atoms with Crippen LogP contribution in [-0.2, 0) is 15.9 Å². The van der Waals surface area contributed by atoms with E-state index in [1.165, 1.54) is 24.1 Å². The first-order valence-electron chi connectivity index (χ1n) is 8.88. The van der Waals surface area contributed by atoms with Crippen molar-refractivity contribution < 1.29 is 14.3 Å². The maximum atomic E-state index is 11.7. The first-order valence-corrected chi connectivity index (χ1v) is 8.88. The van der Waals surface area contributed by atoms with Crippen LogP contribution in [0.2, 0.25) is 0 Å². The Bertz CT molecular complexity index is 962. The van der Waals surface area contributed by atoms with Crippen LogP contribution in [0.3, 0.4) is 0 Å². The minimum absolute atomic E-state index is 0.383. The molecule has 142 valence electrons. The van der Waals surface area contributed by atoms with Crippen LogP contribution in [0.4, 0.5) is 0 Å². The van der Waals surface area contributed by atoms with Gasteiger partial charge in [-0.05, 0) is 48.2 Å². The standard InChI is InChI=1S/C22H26N2O3/c1-6-15(2)21-8-7-17(10-19(21)14-24-16(3)26-4)9-18-11-20(13-23-12-18)22(25)27-5/h7-8,10-14H,6,9H2,1-5H3/b19-14-,21-15+,24-16?. The zero-order chi connectivity index (χ0) is 19.8. The molecule has 1 aromatic heterocycles. The average Bonchev–Trinajstić information content (AvgIpc) is 2.71. The summed E-state index contributed by atoms with van der Waals surface area (Å²) in [5, 5.41) is 2.22. The van der Waals surface area contributed by atoms with Crippen molar-refractivity contribution in [3.05, 3.63) is 63.8 Å². The Morgan fingerprint density at radius 1 is 1.11 bits per heavy atom. The molecule has 0 atom stereocenters. The zero-order valence-electron chi connectivity index (χ0n) is 16.6. The summed E-state index contributed by atoms with van der Waals surface area (Å²) in [5.74, 6) is 0.224. The van der Waals surface area contributed by atoms with Crippen molar-refractivity contribution in [3.8, 4) is 0 Å². The van der Waals surface area contributed by atoms with Crippen LogP contribution in [0.15, 0.2) is 41.7 Å². The number of benzene rings is 1. The van der Waals surface area contributed by atoms with Crippen molar-refractivity contribution in [1.29, 1.82) is 0 Å². The van der Waals surface area contributed by atoms with Gasteiger partial charge >= 0.3 is 5.97 Å². The molecule has 0 N–H and O–H groups in total. The lowest BCUT2D eigenvalue weighted by Gasteiger charge is -2.06. The highest BCUT2D eigenvalue weighted by Gasteiger charge is 2.07. The van der Waals surface area contributed by atoms with Gasteiger partial charge in [-0.1, -0.05) is 24.6 Å². The van der Waals surface area contributed by atoms with E-state index in [4.69, 9.17) is 9.47 Å². The van der Waals surface area contributed by atoms with Crippen LogP contribution in [-0.4, -0.2) is 31.1 Å². The monoisotopic (exact) mass is 366 g/mol. The van der Waals surface area contributed by atoms with Gasteiger partial charge in [-0.15, -0.1) is 0 Å². The van der Waals surface area contributed by atoms with Crippen LogP contribution < -0.4 is 10.4 Å². The number of esters is 1. The number of aromatic nitrogens is 1. The second kappa shape index (κ2) is 9.67.